The summed E-state index contributed by atoms with van der Waals surface area (Å²) in [5.74, 6) is 0.586. The average Bonchev–Trinajstić information content (AvgIpc) is 2.60. The van der Waals surface area contributed by atoms with Crippen molar-refractivity contribution < 1.29 is 9.47 Å². The minimum atomic E-state index is 0. The van der Waals surface area contributed by atoms with Gasteiger partial charge in [-0.2, -0.15) is 0 Å². The molecule has 2 fully saturated rings. The highest BCUT2D eigenvalue weighted by Crippen LogP contribution is 2.48. The van der Waals surface area contributed by atoms with Crippen LogP contribution in [0.1, 0.15) is 46.5 Å². The predicted molar refractivity (Wildman–Crippen MR) is 114 cm³/mol. The Kier molecular flexibility index (Phi) is 10.6. The SMILES string of the molecule is CCOC1CC(NC(N)=NCCCN2CCOCC2)C1(CC)CC.I. The van der Waals surface area contributed by atoms with E-state index in [2.05, 4.69) is 36.0 Å². The van der Waals surface area contributed by atoms with Crippen LogP contribution in [0.4, 0.5) is 0 Å². The van der Waals surface area contributed by atoms with E-state index in [1.165, 1.54) is 0 Å². The van der Waals surface area contributed by atoms with E-state index in [-0.39, 0.29) is 29.4 Å². The summed E-state index contributed by atoms with van der Waals surface area (Å²) in [5, 5.41) is 3.45. The van der Waals surface area contributed by atoms with Crippen molar-refractivity contribution in [3.05, 3.63) is 0 Å². The number of hydrogen-bond acceptors (Lipinski definition) is 4. The minimum Gasteiger partial charge on any atom is -0.379 e. The smallest absolute Gasteiger partial charge is 0.188 e. The van der Waals surface area contributed by atoms with Gasteiger partial charge in [0.15, 0.2) is 5.96 Å². The Hall–Kier alpha value is -0.120. The van der Waals surface area contributed by atoms with Crippen LogP contribution in [0.25, 0.3) is 0 Å². The van der Waals surface area contributed by atoms with Crippen LogP contribution in [0.15, 0.2) is 4.99 Å². The molecule has 0 aromatic carbocycles. The van der Waals surface area contributed by atoms with Gasteiger partial charge in [-0.15, -0.1) is 24.0 Å². The summed E-state index contributed by atoms with van der Waals surface area (Å²) in [6.07, 6.45) is 4.64. The lowest BCUT2D eigenvalue weighted by Gasteiger charge is -2.55. The van der Waals surface area contributed by atoms with Crippen LogP contribution >= 0.6 is 24.0 Å². The molecule has 25 heavy (non-hydrogen) atoms. The molecule has 0 radical (unpaired) electrons. The Labute approximate surface area is 170 Å². The third-order valence-corrected chi connectivity index (χ3v) is 5.81. The van der Waals surface area contributed by atoms with E-state index in [4.69, 9.17) is 15.2 Å². The maximum atomic E-state index is 6.12. The summed E-state index contributed by atoms with van der Waals surface area (Å²) >= 11 is 0. The molecule has 1 heterocycles. The van der Waals surface area contributed by atoms with E-state index in [1.54, 1.807) is 0 Å². The molecule has 2 unspecified atom stereocenters. The molecule has 1 saturated heterocycles. The zero-order valence-corrected chi connectivity index (χ0v) is 18.5. The first kappa shape index (κ1) is 22.9. The molecule has 2 rings (SSSR count). The summed E-state index contributed by atoms with van der Waals surface area (Å²) in [6, 6.07) is 0.382. The maximum absolute atomic E-state index is 6.12. The normalized spacial score (nSPS) is 26.6. The zero-order valence-electron chi connectivity index (χ0n) is 16.1. The largest absolute Gasteiger partial charge is 0.379 e. The highest BCUT2D eigenvalue weighted by Gasteiger charge is 2.53. The van der Waals surface area contributed by atoms with Gasteiger partial charge in [-0.25, -0.2) is 0 Å². The average molecular weight is 468 g/mol. The summed E-state index contributed by atoms with van der Waals surface area (Å²) < 4.78 is 11.3. The highest BCUT2D eigenvalue weighted by molar-refractivity contribution is 14.0. The first-order valence-corrected chi connectivity index (χ1v) is 9.64. The first-order chi connectivity index (χ1) is 11.7. The molecule has 2 aliphatic rings. The monoisotopic (exact) mass is 468 g/mol. The van der Waals surface area contributed by atoms with Gasteiger partial charge in [0.05, 0.1) is 19.3 Å². The van der Waals surface area contributed by atoms with Gasteiger partial charge in [0.1, 0.15) is 0 Å². The number of nitrogens with zero attached hydrogens (tertiary/aromatic N) is 2. The number of guanidine groups is 1. The van der Waals surface area contributed by atoms with Gasteiger partial charge in [-0.3, -0.25) is 9.89 Å². The van der Waals surface area contributed by atoms with Gasteiger partial charge >= 0.3 is 0 Å². The Bertz CT molecular complexity index is 399. The van der Waals surface area contributed by atoms with E-state index in [1.807, 2.05) is 0 Å². The predicted octanol–water partition coefficient (Wildman–Crippen LogP) is 2.21. The van der Waals surface area contributed by atoms with Crippen LogP contribution in [-0.4, -0.2) is 69.0 Å². The standard InChI is InChI=1S/C18H36N4O2.HI/c1-4-18(5-2)15(14-16(18)24-6-3)21-17(19)20-8-7-9-22-10-12-23-13-11-22;/h15-16H,4-14H2,1-3H3,(H3,19,20,21);1H. The Morgan fingerprint density at radius 2 is 1.96 bits per heavy atom. The van der Waals surface area contributed by atoms with Crippen LogP contribution in [0.2, 0.25) is 0 Å². The van der Waals surface area contributed by atoms with Crippen molar-refractivity contribution in [3.63, 3.8) is 0 Å². The molecule has 1 aliphatic carbocycles. The topological polar surface area (TPSA) is 72.1 Å². The molecule has 0 bridgehead atoms. The number of halogens is 1. The minimum absolute atomic E-state index is 0. The van der Waals surface area contributed by atoms with Crippen molar-refractivity contribution in [3.8, 4) is 0 Å². The van der Waals surface area contributed by atoms with E-state index in [0.717, 1.165) is 71.7 Å². The quantitative estimate of drug-likeness (QED) is 0.235. The summed E-state index contributed by atoms with van der Waals surface area (Å²) in [7, 11) is 0. The molecule has 7 heteroatoms. The molecule has 6 nitrogen and oxygen atoms in total. The van der Waals surface area contributed by atoms with Crippen LogP contribution in [0.3, 0.4) is 0 Å². The summed E-state index contributed by atoms with van der Waals surface area (Å²) in [4.78, 5) is 6.95. The van der Waals surface area contributed by atoms with E-state index < -0.39 is 0 Å². The molecule has 0 aromatic rings. The van der Waals surface area contributed by atoms with Crippen molar-refractivity contribution in [1.82, 2.24) is 10.2 Å². The van der Waals surface area contributed by atoms with Gasteiger partial charge in [0, 0.05) is 44.2 Å². The Balaban J connectivity index is 0.00000312. The fourth-order valence-corrected chi connectivity index (χ4v) is 4.13. The maximum Gasteiger partial charge on any atom is 0.188 e. The van der Waals surface area contributed by atoms with Crippen molar-refractivity contribution in [2.45, 2.75) is 58.6 Å². The summed E-state index contributed by atoms with van der Waals surface area (Å²) in [6.45, 7) is 13.0. The van der Waals surface area contributed by atoms with Crippen molar-refractivity contribution >= 4 is 29.9 Å². The van der Waals surface area contributed by atoms with Crippen LogP contribution < -0.4 is 11.1 Å². The number of nitrogens with two attached hydrogens (primary N) is 1. The van der Waals surface area contributed by atoms with Gasteiger partial charge in [-0.1, -0.05) is 13.8 Å². The fourth-order valence-electron chi connectivity index (χ4n) is 4.13. The molecular formula is C18H37IN4O2. The van der Waals surface area contributed by atoms with Crippen LogP contribution in [0.5, 0.6) is 0 Å². The van der Waals surface area contributed by atoms with E-state index >= 15 is 0 Å². The molecule has 0 amide bonds. The molecule has 1 saturated carbocycles. The summed E-state index contributed by atoms with van der Waals surface area (Å²) in [5.41, 5.74) is 6.32. The number of ether oxygens (including phenoxy) is 2. The second kappa shape index (κ2) is 11.6. The number of aliphatic imine (C=N–C) groups is 1. The molecule has 148 valence electrons. The molecule has 0 aromatic heterocycles. The third kappa shape index (κ3) is 5.94. The van der Waals surface area contributed by atoms with Crippen LogP contribution in [-0.2, 0) is 9.47 Å². The van der Waals surface area contributed by atoms with Gasteiger partial charge < -0.3 is 20.5 Å². The highest BCUT2D eigenvalue weighted by atomic mass is 127. The second-order valence-corrected chi connectivity index (χ2v) is 6.89. The second-order valence-electron chi connectivity index (χ2n) is 6.89. The number of rotatable bonds is 9. The van der Waals surface area contributed by atoms with Gasteiger partial charge in [0.25, 0.3) is 0 Å². The Morgan fingerprint density at radius 3 is 2.56 bits per heavy atom. The molecule has 3 N–H and O–H groups in total. The zero-order chi connectivity index (χ0) is 17.4. The lowest BCUT2D eigenvalue weighted by atomic mass is 9.58. The van der Waals surface area contributed by atoms with E-state index in [9.17, 15) is 0 Å². The molecule has 0 spiro atoms. The van der Waals surface area contributed by atoms with Crippen molar-refractivity contribution in [1.29, 1.82) is 0 Å². The lowest BCUT2D eigenvalue weighted by molar-refractivity contribution is -0.133. The number of nitrogens with one attached hydrogen (secondary N) is 1. The van der Waals surface area contributed by atoms with Gasteiger partial charge in [-0.05, 0) is 32.6 Å². The van der Waals surface area contributed by atoms with E-state index in [0.29, 0.717) is 18.1 Å². The third-order valence-electron chi connectivity index (χ3n) is 5.81. The number of hydrogen-bond donors (Lipinski definition) is 2. The van der Waals surface area contributed by atoms with Crippen molar-refractivity contribution in [2.75, 3.05) is 46.0 Å². The Morgan fingerprint density at radius 1 is 1.28 bits per heavy atom. The molecule has 2 atom stereocenters. The van der Waals surface area contributed by atoms with Gasteiger partial charge in [0.2, 0.25) is 0 Å². The molecule has 1 aliphatic heterocycles. The molecular weight excluding hydrogens is 431 g/mol. The fraction of sp³-hybridized carbons (Fsp3) is 0.944. The first-order valence-electron chi connectivity index (χ1n) is 9.64. The van der Waals surface area contributed by atoms with Crippen molar-refractivity contribution in [2.24, 2.45) is 16.1 Å². The van der Waals surface area contributed by atoms with Crippen LogP contribution in [0, 0.1) is 5.41 Å². The number of morpholine rings is 1. The lowest BCUT2D eigenvalue weighted by Crippen LogP contribution is -2.65.